The molecule has 1 fully saturated rings. The van der Waals surface area contributed by atoms with Crippen molar-refractivity contribution in [1.29, 1.82) is 0 Å². The van der Waals surface area contributed by atoms with Crippen LogP contribution in [-0.2, 0) is 14.3 Å². The minimum absolute atomic E-state index is 0.0439. The fourth-order valence-electron chi connectivity index (χ4n) is 1.76. The molecule has 0 saturated carbocycles. The molecule has 0 spiro atoms. The van der Waals surface area contributed by atoms with Crippen molar-refractivity contribution >= 4 is 11.9 Å². The molecule has 0 aromatic rings. The molecule has 15 heavy (non-hydrogen) atoms. The minimum Gasteiger partial charge on any atom is -0.469 e. The van der Waals surface area contributed by atoms with Crippen molar-refractivity contribution in [3.05, 3.63) is 0 Å². The van der Waals surface area contributed by atoms with E-state index in [-0.39, 0.29) is 24.2 Å². The number of esters is 1. The van der Waals surface area contributed by atoms with E-state index in [4.69, 9.17) is 5.73 Å². The lowest BCUT2D eigenvalue weighted by molar-refractivity contribution is -0.145. The van der Waals surface area contributed by atoms with Gasteiger partial charge in [0.1, 0.15) is 0 Å². The van der Waals surface area contributed by atoms with Crippen LogP contribution in [0.25, 0.3) is 0 Å². The van der Waals surface area contributed by atoms with Crippen molar-refractivity contribution in [2.75, 3.05) is 26.7 Å². The molecule has 1 heterocycles. The fourth-order valence-corrected chi connectivity index (χ4v) is 1.76. The molecule has 1 saturated heterocycles. The second kappa shape index (κ2) is 5.70. The average Bonchev–Trinajstić information content (AvgIpc) is 2.60. The van der Waals surface area contributed by atoms with Crippen LogP contribution in [0.15, 0.2) is 0 Å². The van der Waals surface area contributed by atoms with E-state index in [1.54, 1.807) is 4.90 Å². The Labute approximate surface area is 89.6 Å². The van der Waals surface area contributed by atoms with Crippen molar-refractivity contribution in [3.63, 3.8) is 0 Å². The molecule has 1 rings (SSSR count). The van der Waals surface area contributed by atoms with Gasteiger partial charge in [0.15, 0.2) is 0 Å². The maximum absolute atomic E-state index is 11.5. The van der Waals surface area contributed by atoms with Gasteiger partial charge in [-0.2, -0.15) is 0 Å². The number of ether oxygens (including phenoxy) is 1. The summed E-state index contributed by atoms with van der Waals surface area (Å²) in [6, 6.07) is 0. The number of carbonyl (C=O) groups excluding carboxylic acids is 2. The smallest absolute Gasteiger partial charge is 0.310 e. The molecule has 5 heteroatoms. The highest BCUT2D eigenvalue weighted by molar-refractivity contribution is 5.86. The molecule has 1 aliphatic heterocycles. The number of nitrogens with zero attached hydrogens (tertiary/aromatic N) is 1. The molecule has 0 aliphatic carbocycles. The molecule has 1 aliphatic rings. The minimum atomic E-state index is -0.287. The molecule has 2 N–H and O–H groups in total. The summed E-state index contributed by atoms with van der Waals surface area (Å²) < 4.78 is 4.62. The Morgan fingerprint density at radius 1 is 1.60 bits per heavy atom. The number of rotatable bonds is 5. The zero-order valence-corrected chi connectivity index (χ0v) is 9.07. The van der Waals surface area contributed by atoms with Gasteiger partial charge in [0, 0.05) is 19.5 Å². The van der Waals surface area contributed by atoms with E-state index in [1.165, 1.54) is 7.11 Å². The van der Waals surface area contributed by atoms with Gasteiger partial charge in [-0.3, -0.25) is 9.59 Å². The van der Waals surface area contributed by atoms with Crippen LogP contribution in [0.4, 0.5) is 0 Å². The van der Waals surface area contributed by atoms with E-state index < -0.39 is 0 Å². The highest BCUT2D eigenvalue weighted by Crippen LogP contribution is 2.19. The number of carbonyl (C=O) groups is 2. The summed E-state index contributed by atoms with van der Waals surface area (Å²) in [4.78, 5) is 24.4. The first-order valence-corrected chi connectivity index (χ1v) is 5.24. The predicted molar refractivity (Wildman–Crippen MR) is 55.0 cm³/mol. The van der Waals surface area contributed by atoms with Crippen molar-refractivity contribution < 1.29 is 14.3 Å². The lowest BCUT2D eigenvalue weighted by atomic mass is 10.1. The Hall–Kier alpha value is -1.10. The van der Waals surface area contributed by atoms with Crippen LogP contribution in [0.1, 0.15) is 19.3 Å². The SMILES string of the molecule is COC(=O)C1CC(=O)N(CCCCN)C1. The highest BCUT2D eigenvalue weighted by atomic mass is 16.5. The first-order valence-electron chi connectivity index (χ1n) is 5.24. The van der Waals surface area contributed by atoms with Gasteiger partial charge >= 0.3 is 5.97 Å². The molecule has 0 aromatic heterocycles. The standard InChI is InChI=1S/C10H18N2O3/c1-15-10(14)8-6-9(13)12(7-8)5-3-2-4-11/h8H,2-7,11H2,1H3. The predicted octanol–water partition coefficient (Wildman–Crippen LogP) is -0.253. The topological polar surface area (TPSA) is 72.6 Å². The van der Waals surface area contributed by atoms with E-state index >= 15 is 0 Å². The molecule has 1 amide bonds. The molecular formula is C10H18N2O3. The van der Waals surface area contributed by atoms with Gasteiger partial charge in [-0.05, 0) is 19.4 Å². The van der Waals surface area contributed by atoms with Crippen LogP contribution in [0.5, 0.6) is 0 Å². The largest absolute Gasteiger partial charge is 0.469 e. The molecule has 1 atom stereocenters. The van der Waals surface area contributed by atoms with Crippen LogP contribution in [0.3, 0.4) is 0 Å². The zero-order valence-electron chi connectivity index (χ0n) is 9.07. The zero-order chi connectivity index (χ0) is 11.3. The van der Waals surface area contributed by atoms with Gasteiger partial charge in [-0.1, -0.05) is 0 Å². The van der Waals surface area contributed by atoms with Gasteiger partial charge < -0.3 is 15.4 Å². The maximum atomic E-state index is 11.5. The molecule has 1 unspecified atom stereocenters. The number of unbranched alkanes of at least 4 members (excludes halogenated alkanes) is 1. The maximum Gasteiger partial charge on any atom is 0.310 e. The number of amides is 1. The number of methoxy groups -OCH3 is 1. The Morgan fingerprint density at radius 2 is 2.33 bits per heavy atom. The van der Waals surface area contributed by atoms with Gasteiger partial charge in [-0.25, -0.2) is 0 Å². The lowest BCUT2D eigenvalue weighted by Gasteiger charge is -2.15. The monoisotopic (exact) mass is 214 g/mol. The van der Waals surface area contributed by atoms with Crippen LogP contribution >= 0.6 is 0 Å². The molecular weight excluding hydrogens is 196 g/mol. The molecule has 0 aromatic carbocycles. The normalized spacial score (nSPS) is 20.8. The highest BCUT2D eigenvalue weighted by Gasteiger charge is 2.34. The second-order valence-corrected chi connectivity index (χ2v) is 3.76. The first kappa shape index (κ1) is 12.0. The first-order chi connectivity index (χ1) is 7.19. The van der Waals surface area contributed by atoms with Crippen LogP contribution in [0, 0.1) is 5.92 Å². The van der Waals surface area contributed by atoms with Crippen molar-refractivity contribution in [2.45, 2.75) is 19.3 Å². The third kappa shape index (κ3) is 3.20. The van der Waals surface area contributed by atoms with E-state index in [0.29, 0.717) is 19.6 Å². The number of likely N-dealkylation sites (tertiary alicyclic amines) is 1. The van der Waals surface area contributed by atoms with Crippen molar-refractivity contribution in [3.8, 4) is 0 Å². The quantitative estimate of drug-likeness (QED) is 0.506. The van der Waals surface area contributed by atoms with Crippen LogP contribution in [-0.4, -0.2) is 43.5 Å². The average molecular weight is 214 g/mol. The van der Waals surface area contributed by atoms with Crippen molar-refractivity contribution in [2.24, 2.45) is 11.7 Å². The van der Waals surface area contributed by atoms with E-state index in [2.05, 4.69) is 4.74 Å². The van der Waals surface area contributed by atoms with Crippen molar-refractivity contribution in [1.82, 2.24) is 4.90 Å². The summed E-state index contributed by atoms with van der Waals surface area (Å²) in [5.41, 5.74) is 5.37. The Morgan fingerprint density at radius 3 is 2.93 bits per heavy atom. The van der Waals surface area contributed by atoms with Crippen LogP contribution < -0.4 is 5.73 Å². The van der Waals surface area contributed by atoms with E-state index in [1.807, 2.05) is 0 Å². The summed E-state index contributed by atoms with van der Waals surface area (Å²) >= 11 is 0. The number of nitrogens with two attached hydrogens (primary N) is 1. The fraction of sp³-hybridized carbons (Fsp3) is 0.800. The van der Waals surface area contributed by atoms with Gasteiger partial charge in [0.25, 0.3) is 0 Å². The van der Waals surface area contributed by atoms with Gasteiger partial charge in [0.2, 0.25) is 5.91 Å². The third-order valence-electron chi connectivity index (χ3n) is 2.63. The summed E-state index contributed by atoms with van der Waals surface area (Å²) in [5, 5.41) is 0. The summed E-state index contributed by atoms with van der Waals surface area (Å²) in [7, 11) is 1.35. The van der Waals surface area contributed by atoms with Crippen LogP contribution in [0.2, 0.25) is 0 Å². The van der Waals surface area contributed by atoms with E-state index in [0.717, 1.165) is 12.8 Å². The summed E-state index contributed by atoms with van der Waals surface area (Å²) in [5.74, 6) is -0.521. The molecule has 0 radical (unpaired) electrons. The Balaban J connectivity index is 2.35. The Bertz CT molecular complexity index is 243. The lowest BCUT2D eigenvalue weighted by Crippen LogP contribution is -2.28. The number of hydrogen-bond acceptors (Lipinski definition) is 4. The molecule has 0 bridgehead atoms. The Kier molecular flexibility index (Phi) is 4.55. The third-order valence-corrected chi connectivity index (χ3v) is 2.63. The molecule has 5 nitrogen and oxygen atoms in total. The summed E-state index contributed by atoms with van der Waals surface area (Å²) in [6.07, 6.45) is 2.10. The second-order valence-electron chi connectivity index (χ2n) is 3.76. The molecule has 86 valence electrons. The summed E-state index contributed by atoms with van der Waals surface area (Å²) in [6.45, 7) is 1.84. The number of hydrogen-bond donors (Lipinski definition) is 1. The van der Waals surface area contributed by atoms with E-state index in [9.17, 15) is 9.59 Å². The van der Waals surface area contributed by atoms with Gasteiger partial charge in [0.05, 0.1) is 13.0 Å². The van der Waals surface area contributed by atoms with Gasteiger partial charge in [-0.15, -0.1) is 0 Å².